The Balaban J connectivity index is 3.13. The third-order valence-corrected chi connectivity index (χ3v) is 2.99. The normalized spacial score (nSPS) is 14.0. The third-order valence-electron chi connectivity index (χ3n) is 2.43. The molecule has 3 heteroatoms. The lowest BCUT2D eigenvalue weighted by atomic mass is 9.82. The highest BCUT2D eigenvalue weighted by Gasteiger charge is 2.26. The Labute approximate surface area is 102 Å². The van der Waals surface area contributed by atoms with Crippen molar-refractivity contribution in [3.8, 4) is 0 Å². The Kier molecular flexibility index (Phi) is 4.05. The van der Waals surface area contributed by atoms with Crippen LogP contribution in [0.1, 0.15) is 32.4 Å². The number of benzene rings is 1. The highest BCUT2D eigenvalue weighted by molar-refractivity contribution is 6.35. The summed E-state index contributed by atoms with van der Waals surface area (Å²) in [6, 6.07) is 5.87. The molecule has 0 aliphatic carbocycles. The second-order valence-electron chi connectivity index (χ2n) is 4.75. The number of halogens is 2. The predicted molar refractivity (Wildman–Crippen MR) is 67.7 cm³/mol. The van der Waals surface area contributed by atoms with Crippen molar-refractivity contribution in [2.75, 3.05) is 7.05 Å². The molecule has 15 heavy (non-hydrogen) atoms. The number of hydrogen-bond acceptors (Lipinski definition) is 1. The van der Waals surface area contributed by atoms with E-state index in [4.69, 9.17) is 23.2 Å². The first-order chi connectivity index (χ1) is 6.86. The molecule has 1 atom stereocenters. The van der Waals surface area contributed by atoms with E-state index in [1.165, 1.54) is 0 Å². The molecule has 0 saturated carbocycles. The van der Waals surface area contributed by atoms with Crippen LogP contribution in [0.3, 0.4) is 0 Å². The van der Waals surface area contributed by atoms with E-state index < -0.39 is 0 Å². The molecule has 0 aliphatic rings. The number of nitrogens with one attached hydrogen (secondary N) is 1. The van der Waals surface area contributed by atoms with Gasteiger partial charge in [0, 0.05) is 16.1 Å². The van der Waals surface area contributed by atoms with E-state index in [0.29, 0.717) is 5.02 Å². The van der Waals surface area contributed by atoms with Gasteiger partial charge in [0.2, 0.25) is 0 Å². The minimum absolute atomic E-state index is 0.117. The van der Waals surface area contributed by atoms with Gasteiger partial charge in [-0.3, -0.25) is 0 Å². The summed E-state index contributed by atoms with van der Waals surface area (Å²) in [6.07, 6.45) is 0. The number of hydrogen-bond donors (Lipinski definition) is 1. The molecule has 0 fully saturated rings. The van der Waals surface area contributed by atoms with Crippen LogP contribution in [0.5, 0.6) is 0 Å². The molecule has 1 N–H and O–H groups in total. The molecule has 0 heterocycles. The molecule has 1 aromatic carbocycles. The quantitative estimate of drug-likeness (QED) is 0.820. The fourth-order valence-electron chi connectivity index (χ4n) is 1.79. The molecule has 0 amide bonds. The number of rotatable bonds is 2. The molecule has 0 bridgehead atoms. The second kappa shape index (κ2) is 4.73. The fourth-order valence-corrected chi connectivity index (χ4v) is 2.31. The van der Waals surface area contributed by atoms with Crippen LogP contribution in [0.2, 0.25) is 10.0 Å². The fraction of sp³-hybridized carbons (Fsp3) is 0.500. The summed E-state index contributed by atoms with van der Waals surface area (Å²) >= 11 is 12.1. The molecule has 1 nitrogen and oxygen atoms in total. The minimum Gasteiger partial charge on any atom is -0.313 e. The van der Waals surface area contributed by atoms with Gasteiger partial charge in [-0.1, -0.05) is 50.0 Å². The average molecular weight is 246 g/mol. The zero-order valence-corrected chi connectivity index (χ0v) is 11.1. The van der Waals surface area contributed by atoms with E-state index in [0.717, 1.165) is 10.6 Å². The van der Waals surface area contributed by atoms with Crippen molar-refractivity contribution in [2.24, 2.45) is 5.41 Å². The van der Waals surface area contributed by atoms with Gasteiger partial charge in [-0.2, -0.15) is 0 Å². The summed E-state index contributed by atoms with van der Waals surface area (Å²) in [5.41, 5.74) is 1.21. The van der Waals surface area contributed by atoms with Crippen LogP contribution in [0.15, 0.2) is 18.2 Å². The van der Waals surface area contributed by atoms with Crippen molar-refractivity contribution in [2.45, 2.75) is 26.8 Å². The average Bonchev–Trinajstić information content (AvgIpc) is 2.07. The van der Waals surface area contributed by atoms with Crippen LogP contribution in [-0.2, 0) is 0 Å². The first-order valence-electron chi connectivity index (χ1n) is 4.98. The largest absolute Gasteiger partial charge is 0.313 e. The summed E-state index contributed by atoms with van der Waals surface area (Å²) in [5, 5.41) is 4.68. The lowest BCUT2D eigenvalue weighted by Crippen LogP contribution is -2.29. The van der Waals surface area contributed by atoms with E-state index >= 15 is 0 Å². The molecular weight excluding hydrogens is 229 g/mol. The third kappa shape index (κ3) is 3.10. The first kappa shape index (κ1) is 12.8. The zero-order valence-electron chi connectivity index (χ0n) is 9.57. The Bertz CT molecular complexity index is 342. The van der Waals surface area contributed by atoms with Crippen LogP contribution in [0.4, 0.5) is 0 Å². The Morgan fingerprint density at radius 3 is 2.20 bits per heavy atom. The molecule has 0 aliphatic heterocycles. The molecule has 1 rings (SSSR count). The molecule has 0 radical (unpaired) electrons. The van der Waals surface area contributed by atoms with Gasteiger partial charge in [0.15, 0.2) is 0 Å². The van der Waals surface area contributed by atoms with Crippen LogP contribution < -0.4 is 5.32 Å². The van der Waals surface area contributed by atoms with Gasteiger partial charge in [-0.05, 0) is 30.2 Å². The van der Waals surface area contributed by atoms with Crippen molar-refractivity contribution in [3.63, 3.8) is 0 Å². The molecule has 84 valence electrons. The van der Waals surface area contributed by atoms with Gasteiger partial charge in [0.1, 0.15) is 0 Å². The molecule has 1 unspecified atom stereocenters. The SMILES string of the molecule is CNC(c1ccc(Cl)cc1Cl)C(C)(C)C. The first-order valence-corrected chi connectivity index (χ1v) is 5.74. The maximum Gasteiger partial charge on any atom is 0.0468 e. The maximum atomic E-state index is 6.18. The predicted octanol–water partition coefficient (Wildman–Crippen LogP) is 4.30. The van der Waals surface area contributed by atoms with Gasteiger partial charge in [-0.25, -0.2) is 0 Å². The minimum atomic E-state index is 0.117. The highest BCUT2D eigenvalue weighted by atomic mass is 35.5. The van der Waals surface area contributed by atoms with Crippen molar-refractivity contribution >= 4 is 23.2 Å². The Morgan fingerprint density at radius 1 is 1.20 bits per heavy atom. The van der Waals surface area contributed by atoms with Crippen LogP contribution in [0, 0.1) is 5.41 Å². The van der Waals surface area contributed by atoms with Crippen LogP contribution >= 0.6 is 23.2 Å². The summed E-state index contributed by atoms with van der Waals surface area (Å²) in [4.78, 5) is 0. The van der Waals surface area contributed by atoms with Gasteiger partial charge in [0.25, 0.3) is 0 Å². The Hall–Kier alpha value is -0.240. The maximum absolute atomic E-state index is 6.18. The van der Waals surface area contributed by atoms with Gasteiger partial charge in [-0.15, -0.1) is 0 Å². The highest BCUT2D eigenvalue weighted by Crippen LogP contribution is 2.36. The monoisotopic (exact) mass is 245 g/mol. The summed E-state index contributed by atoms with van der Waals surface area (Å²) < 4.78 is 0. The molecule has 1 aromatic rings. The van der Waals surface area contributed by atoms with Gasteiger partial charge in [0.05, 0.1) is 0 Å². The Morgan fingerprint density at radius 2 is 1.80 bits per heavy atom. The molecule has 0 saturated heterocycles. The lowest BCUT2D eigenvalue weighted by molar-refractivity contribution is 0.287. The molecule has 0 spiro atoms. The molecule has 0 aromatic heterocycles. The zero-order chi connectivity index (χ0) is 11.6. The van der Waals surface area contributed by atoms with Crippen molar-refractivity contribution in [1.82, 2.24) is 5.32 Å². The van der Waals surface area contributed by atoms with E-state index in [2.05, 4.69) is 26.1 Å². The summed E-state index contributed by atoms with van der Waals surface area (Å²) in [6.45, 7) is 6.54. The van der Waals surface area contributed by atoms with E-state index in [9.17, 15) is 0 Å². The summed E-state index contributed by atoms with van der Waals surface area (Å²) in [5.74, 6) is 0. The summed E-state index contributed by atoms with van der Waals surface area (Å²) in [7, 11) is 1.95. The van der Waals surface area contributed by atoms with E-state index in [1.54, 1.807) is 6.07 Å². The van der Waals surface area contributed by atoms with Gasteiger partial charge >= 0.3 is 0 Å². The van der Waals surface area contributed by atoms with Crippen LogP contribution in [-0.4, -0.2) is 7.05 Å². The van der Waals surface area contributed by atoms with Crippen molar-refractivity contribution < 1.29 is 0 Å². The standard InChI is InChI=1S/C12H17Cl2N/c1-12(2,3)11(15-4)9-6-5-8(13)7-10(9)14/h5-7,11,15H,1-4H3. The van der Waals surface area contributed by atoms with Crippen LogP contribution in [0.25, 0.3) is 0 Å². The van der Waals surface area contributed by atoms with Gasteiger partial charge < -0.3 is 5.32 Å². The molecular formula is C12H17Cl2N. The van der Waals surface area contributed by atoms with E-state index in [-0.39, 0.29) is 11.5 Å². The smallest absolute Gasteiger partial charge is 0.0468 e. The topological polar surface area (TPSA) is 12.0 Å². The second-order valence-corrected chi connectivity index (χ2v) is 5.60. The van der Waals surface area contributed by atoms with E-state index in [1.807, 2.05) is 19.2 Å². The van der Waals surface area contributed by atoms with Crippen molar-refractivity contribution in [1.29, 1.82) is 0 Å². The lowest BCUT2D eigenvalue weighted by Gasteiger charge is -2.31. The van der Waals surface area contributed by atoms with Crippen molar-refractivity contribution in [3.05, 3.63) is 33.8 Å².